The van der Waals surface area contributed by atoms with E-state index in [1.165, 1.54) is 74.5 Å². The quantitative estimate of drug-likeness (QED) is 0.280. The molecule has 8 heteroatoms. The zero-order valence-corrected chi connectivity index (χ0v) is 18.0. The maximum absolute atomic E-state index is 11.1. The highest BCUT2D eigenvalue weighted by Gasteiger charge is 2.19. The van der Waals surface area contributed by atoms with Gasteiger partial charge in [-0.25, -0.2) is 9.98 Å². The summed E-state index contributed by atoms with van der Waals surface area (Å²) in [6, 6.07) is 11.4. The predicted molar refractivity (Wildman–Crippen MR) is 122 cm³/mol. The first kappa shape index (κ1) is 21.0. The number of methoxy groups -OCH3 is 1. The van der Waals surface area contributed by atoms with Crippen LogP contribution in [0.25, 0.3) is 11.3 Å². The Labute approximate surface area is 184 Å². The minimum Gasteiger partial charge on any atom is -0.500 e. The van der Waals surface area contributed by atoms with E-state index in [9.17, 15) is 15.2 Å². The maximum atomic E-state index is 11.1. The van der Waals surface area contributed by atoms with Crippen LogP contribution < -0.4 is 4.74 Å². The molecule has 1 fully saturated rings. The van der Waals surface area contributed by atoms with Crippen molar-refractivity contribution in [1.29, 1.82) is 0 Å². The van der Waals surface area contributed by atoms with Crippen LogP contribution in [0.2, 0.25) is 0 Å². The first-order valence-electron chi connectivity index (χ1n) is 10.2. The maximum Gasteiger partial charge on any atom is 0.315 e. The largest absolute Gasteiger partial charge is 0.500 e. The minimum atomic E-state index is -0.659. The second-order valence-corrected chi connectivity index (χ2v) is 8.42. The van der Waals surface area contributed by atoms with Crippen LogP contribution in [0.4, 0.5) is 10.8 Å². The van der Waals surface area contributed by atoms with Crippen molar-refractivity contribution < 1.29 is 14.8 Å². The van der Waals surface area contributed by atoms with Crippen LogP contribution in [0.1, 0.15) is 49.1 Å². The summed E-state index contributed by atoms with van der Waals surface area (Å²) in [7, 11) is 1.34. The summed E-state index contributed by atoms with van der Waals surface area (Å²) in [6.07, 6.45) is 8.00. The number of nitrogens with zero attached hydrogens (tertiary/aromatic N) is 3. The summed E-state index contributed by atoms with van der Waals surface area (Å²) < 4.78 is 5.01. The standard InChI is InChI=1S/C23H23N3O4S/c1-30-21-12-15(11-20(22(21)27)26(28)29)13-24-23-25-19(14-31-23)18-9-7-17(8-10-18)16-5-3-2-4-6-16/h7-14,16,27H,2-6H2,1H3. The highest BCUT2D eigenvalue weighted by molar-refractivity contribution is 7.13. The molecule has 0 amide bonds. The second-order valence-electron chi connectivity index (χ2n) is 7.58. The molecule has 1 N–H and O–H groups in total. The number of hydrogen-bond acceptors (Lipinski definition) is 7. The molecule has 0 spiro atoms. The third kappa shape index (κ3) is 4.74. The molecular formula is C23H23N3O4S. The molecule has 3 aromatic rings. The lowest BCUT2D eigenvalue weighted by atomic mass is 9.84. The van der Waals surface area contributed by atoms with Crippen LogP contribution in [-0.2, 0) is 0 Å². The van der Waals surface area contributed by atoms with E-state index in [4.69, 9.17) is 4.74 Å². The van der Waals surface area contributed by atoms with Gasteiger partial charge in [-0.3, -0.25) is 10.1 Å². The molecule has 1 saturated carbocycles. The van der Waals surface area contributed by atoms with Crippen molar-refractivity contribution in [2.45, 2.75) is 38.0 Å². The van der Waals surface area contributed by atoms with Gasteiger partial charge in [0.15, 0.2) is 5.75 Å². The Hall–Kier alpha value is -3.26. The lowest BCUT2D eigenvalue weighted by Gasteiger charge is -2.22. The van der Waals surface area contributed by atoms with Gasteiger partial charge in [0.25, 0.3) is 0 Å². The van der Waals surface area contributed by atoms with E-state index in [0.29, 0.717) is 16.6 Å². The van der Waals surface area contributed by atoms with E-state index in [-0.39, 0.29) is 5.75 Å². The van der Waals surface area contributed by atoms with Crippen molar-refractivity contribution in [3.8, 4) is 22.8 Å². The lowest BCUT2D eigenvalue weighted by Crippen LogP contribution is -2.04. The molecule has 0 radical (unpaired) electrons. The molecule has 1 aliphatic rings. The first-order chi connectivity index (χ1) is 15.0. The summed E-state index contributed by atoms with van der Waals surface area (Å²) in [5, 5.41) is 23.5. The topological polar surface area (TPSA) is 97.9 Å². The van der Waals surface area contributed by atoms with Gasteiger partial charge in [-0.1, -0.05) is 43.5 Å². The fraction of sp³-hybridized carbons (Fsp3) is 0.304. The fourth-order valence-electron chi connectivity index (χ4n) is 3.93. The highest BCUT2D eigenvalue weighted by Crippen LogP contribution is 2.37. The summed E-state index contributed by atoms with van der Waals surface area (Å²) >= 11 is 1.40. The van der Waals surface area contributed by atoms with Gasteiger partial charge < -0.3 is 9.84 Å². The summed E-state index contributed by atoms with van der Waals surface area (Å²) in [5.74, 6) is 0.191. The summed E-state index contributed by atoms with van der Waals surface area (Å²) in [5.41, 5.74) is 3.30. The Morgan fingerprint density at radius 2 is 1.97 bits per heavy atom. The number of aromatic nitrogens is 1. The normalized spacial score (nSPS) is 14.7. The van der Waals surface area contributed by atoms with Crippen LogP contribution in [0.3, 0.4) is 0 Å². The van der Waals surface area contributed by atoms with E-state index in [0.717, 1.165) is 11.3 Å². The van der Waals surface area contributed by atoms with Crippen molar-refractivity contribution in [2.24, 2.45) is 4.99 Å². The van der Waals surface area contributed by atoms with Gasteiger partial charge in [0.1, 0.15) is 0 Å². The minimum absolute atomic E-state index is 0.0218. The van der Waals surface area contributed by atoms with Gasteiger partial charge in [-0.05, 0) is 30.4 Å². The number of phenolic OH excluding ortho intramolecular Hbond substituents is 1. The van der Waals surface area contributed by atoms with E-state index >= 15 is 0 Å². The average molecular weight is 438 g/mol. The monoisotopic (exact) mass is 437 g/mol. The van der Waals surface area contributed by atoms with Crippen LogP contribution in [-0.4, -0.2) is 28.3 Å². The van der Waals surface area contributed by atoms with Crippen molar-refractivity contribution >= 4 is 28.4 Å². The number of aromatic hydroxyl groups is 1. The first-order valence-corrected chi connectivity index (χ1v) is 11.1. The molecule has 2 aromatic carbocycles. The Morgan fingerprint density at radius 3 is 2.65 bits per heavy atom. The van der Waals surface area contributed by atoms with Gasteiger partial charge in [-0.15, -0.1) is 11.3 Å². The molecule has 0 saturated heterocycles. The molecule has 0 aliphatic heterocycles. The number of aliphatic imine (C=N–C) groups is 1. The van der Waals surface area contributed by atoms with Gasteiger partial charge in [-0.2, -0.15) is 0 Å². The van der Waals surface area contributed by atoms with Gasteiger partial charge in [0, 0.05) is 28.8 Å². The average Bonchev–Trinajstić information content (AvgIpc) is 3.28. The number of phenols is 1. The van der Waals surface area contributed by atoms with Crippen molar-refractivity contribution in [1.82, 2.24) is 4.98 Å². The fourth-order valence-corrected chi connectivity index (χ4v) is 4.60. The van der Waals surface area contributed by atoms with Gasteiger partial charge >= 0.3 is 5.69 Å². The molecule has 31 heavy (non-hydrogen) atoms. The van der Waals surface area contributed by atoms with Crippen molar-refractivity contribution in [2.75, 3.05) is 7.11 Å². The Kier molecular flexibility index (Phi) is 6.27. The van der Waals surface area contributed by atoms with E-state index < -0.39 is 16.4 Å². The number of nitro benzene ring substituents is 1. The van der Waals surface area contributed by atoms with Crippen molar-refractivity contribution in [3.63, 3.8) is 0 Å². The van der Waals surface area contributed by atoms with Gasteiger partial charge in [0.05, 0.1) is 17.7 Å². The molecule has 1 aliphatic carbocycles. The molecule has 4 rings (SSSR count). The zero-order chi connectivity index (χ0) is 21.8. The molecule has 160 valence electrons. The summed E-state index contributed by atoms with van der Waals surface area (Å²) in [6.45, 7) is 0. The Balaban J connectivity index is 1.51. The number of hydrogen-bond donors (Lipinski definition) is 1. The van der Waals surface area contributed by atoms with Gasteiger partial charge in [0.2, 0.25) is 10.9 Å². The van der Waals surface area contributed by atoms with Crippen LogP contribution in [0.15, 0.2) is 46.8 Å². The molecule has 1 heterocycles. The molecule has 0 unspecified atom stereocenters. The van der Waals surface area contributed by atoms with E-state index in [1.54, 1.807) is 0 Å². The predicted octanol–water partition coefficient (Wildman–Crippen LogP) is 6.23. The smallest absolute Gasteiger partial charge is 0.315 e. The third-order valence-electron chi connectivity index (χ3n) is 5.59. The number of nitro groups is 1. The van der Waals surface area contributed by atoms with Crippen LogP contribution >= 0.6 is 11.3 Å². The molecule has 1 aromatic heterocycles. The van der Waals surface area contributed by atoms with E-state index in [1.807, 2.05) is 5.38 Å². The Bertz CT molecular complexity index is 1100. The van der Waals surface area contributed by atoms with E-state index in [2.05, 4.69) is 34.2 Å². The third-order valence-corrected chi connectivity index (χ3v) is 6.34. The van der Waals surface area contributed by atoms with Crippen LogP contribution in [0, 0.1) is 10.1 Å². The number of rotatable bonds is 6. The highest BCUT2D eigenvalue weighted by atomic mass is 32.1. The second kappa shape index (κ2) is 9.26. The molecule has 7 nitrogen and oxygen atoms in total. The number of ether oxygens (including phenoxy) is 1. The SMILES string of the molecule is COc1cc(C=Nc2nc(-c3ccc(C4CCCCC4)cc3)cs2)cc([N+](=O)[O-])c1O. The van der Waals surface area contributed by atoms with Crippen molar-refractivity contribution in [3.05, 3.63) is 63.0 Å². The zero-order valence-electron chi connectivity index (χ0n) is 17.2. The van der Waals surface area contributed by atoms with Crippen LogP contribution in [0.5, 0.6) is 11.5 Å². The molecule has 0 atom stereocenters. The summed E-state index contributed by atoms with van der Waals surface area (Å²) in [4.78, 5) is 19.4. The Morgan fingerprint density at radius 1 is 1.23 bits per heavy atom. The number of benzene rings is 2. The molecular weight excluding hydrogens is 414 g/mol. The number of thiazole rings is 1. The lowest BCUT2D eigenvalue weighted by molar-refractivity contribution is -0.386. The molecule has 0 bridgehead atoms.